The number of rotatable bonds is 10. The van der Waals surface area contributed by atoms with Crippen molar-refractivity contribution >= 4 is 0 Å². The molecule has 0 saturated heterocycles. The molecule has 0 radical (unpaired) electrons. The van der Waals surface area contributed by atoms with E-state index < -0.39 is 6.36 Å². The molecule has 0 aliphatic heterocycles. The van der Waals surface area contributed by atoms with E-state index >= 15 is 0 Å². The zero-order valence-corrected chi connectivity index (χ0v) is 20.4. The van der Waals surface area contributed by atoms with Gasteiger partial charge in [0.05, 0.1) is 6.61 Å². The van der Waals surface area contributed by atoms with Crippen LogP contribution < -0.4 is 0 Å². The molecule has 1 aliphatic rings. The zero-order valence-electron chi connectivity index (χ0n) is 20.4. The Hall–Kier alpha value is -2.71. The number of hydrogen-bond donors (Lipinski definition) is 0. The molecule has 0 spiro atoms. The smallest absolute Gasteiger partial charge is 0.198 e. The Morgan fingerprint density at radius 2 is 1.59 bits per heavy atom. The minimum absolute atomic E-state index is 0.319. The van der Waals surface area contributed by atoms with Gasteiger partial charge >= 0.3 is 0 Å². The molecule has 3 aromatic rings. The molecule has 0 heterocycles. The van der Waals surface area contributed by atoms with Crippen LogP contribution in [-0.4, -0.2) is 6.36 Å². The first-order valence-electron chi connectivity index (χ1n) is 12.8. The fourth-order valence-corrected chi connectivity index (χ4v) is 5.07. The summed E-state index contributed by atoms with van der Waals surface area (Å²) in [4.78, 5) is 0. The lowest BCUT2D eigenvalue weighted by atomic mass is 9.79. The van der Waals surface area contributed by atoms with Crippen molar-refractivity contribution in [2.24, 2.45) is 11.8 Å². The molecule has 3 aromatic carbocycles. The van der Waals surface area contributed by atoms with E-state index in [2.05, 4.69) is 79.4 Å². The number of allylic oxidation sites excluding steroid dienone is 1. The highest BCUT2D eigenvalue weighted by atomic mass is 19.1. The Morgan fingerprint density at radius 3 is 2.26 bits per heavy atom. The van der Waals surface area contributed by atoms with Crippen molar-refractivity contribution < 1.29 is 9.13 Å². The molecule has 2 heteroatoms. The van der Waals surface area contributed by atoms with E-state index in [1.54, 1.807) is 6.92 Å². The summed E-state index contributed by atoms with van der Waals surface area (Å²) < 4.78 is 19.0. The number of aryl methyl sites for hydroxylation is 1. The molecule has 0 amide bonds. The monoisotopic (exact) mass is 456 g/mol. The largest absolute Gasteiger partial charge is 0.343 e. The molecule has 1 nitrogen and oxygen atoms in total. The van der Waals surface area contributed by atoms with Crippen LogP contribution in [0.1, 0.15) is 56.6 Å². The SMILES string of the molecule is C=CC1CCC(CCc2cc(COC(F)CC)ccc2-c2ccc(-c3ccccc3)cc2)CC1. The number of hydrogen-bond acceptors (Lipinski definition) is 1. The molecule has 178 valence electrons. The van der Waals surface area contributed by atoms with E-state index in [4.69, 9.17) is 4.74 Å². The molecule has 1 saturated carbocycles. The Kier molecular flexibility index (Phi) is 8.71. The standard InChI is InChI=1S/C32H37FO/c1-3-24-10-12-25(13-11-24)14-16-30-22-26(23-34-32(33)4-2)15-21-31(30)29-19-17-28(18-20-29)27-8-6-5-7-9-27/h3,5-9,15,17-22,24-25,32H,1,4,10-14,16,23H2,2H3. The second-order valence-electron chi connectivity index (χ2n) is 9.62. The highest BCUT2D eigenvalue weighted by Gasteiger charge is 2.19. The summed E-state index contributed by atoms with van der Waals surface area (Å²) in [5.41, 5.74) is 7.35. The van der Waals surface area contributed by atoms with Crippen LogP contribution in [0, 0.1) is 11.8 Å². The van der Waals surface area contributed by atoms with Crippen molar-refractivity contribution in [2.45, 2.75) is 64.8 Å². The summed E-state index contributed by atoms with van der Waals surface area (Å²) in [7, 11) is 0. The van der Waals surface area contributed by atoms with Gasteiger partial charge in [0.15, 0.2) is 6.36 Å². The van der Waals surface area contributed by atoms with Gasteiger partial charge in [0.25, 0.3) is 0 Å². The molecule has 1 unspecified atom stereocenters. The number of benzene rings is 3. The average Bonchev–Trinajstić information content (AvgIpc) is 2.91. The predicted octanol–water partition coefficient (Wildman–Crippen LogP) is 9.17. The lowest BCUT2D eigenvalue weighted by molar-refractivity contribution is -0.0504. The van der Waals surface area contributed by atoms with Gasteiger partial charge in [-0.15, -0.1) is 6.58 Å². The first-order valence-corrected chi connectivity index (χ1v) is 12.8. The van der Waals surface area contributed by atoms with Crippen LogP contribution in [0.4, 0.5) is 4.39 Å². The normalized spacial score (nSPS) is 19.0. The highest BCUT2D eigenvalue weighted by molar-refractivity contribution is 5.72. The number of alkyl halides is 1. The van der Waals surface area contributed by atoms with E-state index in [9.17, 15) is 4.39 Å². The second-order valence-corrected chi connectivity index (χ2v) is 9.62. The maximum atomic E-state index is 13.7. The van der Waals surface area contributed by atoms with Gasteiger partial charge in [0.2, 0.25) is 0 Å². The van der Waals surface area contributed by atoms with Gasteiger partial charge in [0.1, 0.15) is 0 Å². The van der Waals surface area contributed by atoms with E-state index in [1.165, 1.54) is 59.9 Å². The minimum Gasteiger partial charge on any atom is -0.343 e. The molecular formula is C32H37FO. The second kappa shape index (κ2) is 12.1. The third kappa shape index (κ3) is 6.45. The van der Waals surface area contributed by atoms with Gasteiger partial charge < -0.3 is 4.74 Å². The summed E-state index contributed by atoms with van der Waals surface area (Å²) in [5, 5.41) is 0. The Bertz CT molecular complexity index is 1030. The maximum absolute atomic E-state index is 13.7. The van der Waals surface area contributed by atoms with Gasteiger partial charge in [-0.2, -0.15) is 0 Å². The average molecular weight is 457 g/mol. The van der Waals surface area contributed by atoms with Crippen molar-refractivity contribution in [1.82, 2.24) is 0 Å². The maximum Gasteiger partial charge on any atom is 0.198 e. The molecular weight excluding hydrogens is 419 g/mol. The summed E-state index contributed by atoms with van der Waals surface area (Å²) in [6.07, 6.45) is 8.67. The lowest BCUT2D eigenvalue weighted by Gasteiger charge is -2.27. The number of halogens is 1. The van der Waals surface area contributed by atoms with E-state index in [-0.39, 0.29) is 0 Å². The van der Waals surface area contributed by atoms with Gasteiger partial charge in [-0.05, 0) is 83.7 Å². The van der Waals surface area contributed by atoms with Crippen molar-refractivity contribution in [1.29, 1.82) is 0 Å². The Labute approximate surface area is 204 Å². The molecule has 4 rings (SSSR count). The first-order chi connectivity index (χ1) is 16.7. The molecule has 0 bridgehead atoms. The summed E-state index contributed by atoms with van der Waals surface area (Å²) >= 11 is 0. The van der Waals surface area contributed by atoms with Gasteiger partial charge in [-0.25, -0.2) is 4.39 Å². The molecule has 1 atom stereocenters. The Balaban J connectivity index is 1.53. The third-order valence-corrected chi connectivity index (χ3v) is 7.27. The van der Waals surface area contributed by atoms with Crippen LogP contribution in [0.25, 0.3) is 22.3 Å². The fourth-order valence-electron chi connectivity index (χ4n) is 5.07. The molecule has 1 fully saturated rings. The molecule has 0 N–H and O–H groups in total. The van der Waals surface area contributed by atoms with Crippen LogP contribution in [0.15, 0.2) is 85.5 Å². The summed E-state index contributed by atoms with van der Waals surface area (Å²) in [5.74, 6) is 1.47. The van der Waals surface area contributed by atoms with Crippen molar-refractivity contribution in [3.8, 4) is 22.3 Å². The van der Waals surface area contributed by atoms with Crippen molar-refractivity contribution in [2.75, 3.05) is 0 Å². The van der Waals surface area contributed by atoms with E-state index in [1.807, 2.05) is 6.07 Å². The number of ether oxygens (including phenoxy) is 1. The van der Waals surface area contributed by atoms with Crippen molar-refractivity contribution in [3.05, 3.63) is 96.6 Å². The minimum atomic E-state index is -1.20. The fraction of sp³-hybridized carbons (Fsp3) is 0.375. The van der Waals surface area contributed by atoms with Gasteiger partial charge in [0, 0.05) is 6.42 Å². The molecule has 34 heavy (non-hydrogen) atoms. The van der Waals surface area contributed by atoms with E-state index in [0.717, 1.165) is 17.9 Å². The Morgan fingerprint density at radius 1 is 0.912 bits per heavy atom. The summed E-state index contributed by atoms with van der Waals surface area (Å²) in [6.45, 7) is 6.10. The molecule has 1 aliphatic carbocycles. The van der Waals surface area contributed by atoms with Crippen LogP contribution in [0.3, 0.4) is 0 Å². The topological polar surface area (TPSA) is 9.23 Å². The van der Waals surface area contributed by atoms with Crippen LogP contribution in [0.2, 0.25) is 0 Å². The van der Waals surface area contributed by atoms with Crippen molar-refractivity contribution in [3.63, 3.8) is 0 Å². The van der Waals surface area contributed by atoms with Crippen LogP contribution >= 0.6 is 0 Å². The third-order valence-electron chi connectivity index (χ3n) is 7.27. The predicted molar refractivity (Wildman–Crippen MR) is 141 cm³/mol. The highest BCUT2D eigenvalue weighted by Crippen LogP contribution is 2.34. The van der Waals surface area contributed by atoms with Gasteiger partial charge in [-0.1, -0.05) is 85.8 Å². The van der Waals surface area contributed by atoms with Crippen LogP contribution in [0.5, 0.6) is 0 Å². The lowest BCUT2D eigenvalue weighted by Crippen LogP contribution is -2.13. The summed E-state index contributed by atoms with van der Waals surface area (Å²) in [6, 6.07) is 25.9. The van der Waals surface area contributed by atoms with Gasteiger partial charge in [-0.3, -0.25) is 0 Å². The molecule has 0 aromatic heterocycles. The zero-order chi connectivity index (χ0) is 23.8. The first kappa shape index (κ1) is 24.4. The van der Waals surface area contributed by atoms with Crippen LogP contribution in [-0.2, 0) is 17.8 Å². The van der Waals surface area contributed by atoms with E-state index in [0.29, 0.717) is 18.9 Å². The quantitative estimate of drug-likeness (QED) is 0.276.